The number of rotatable bonds is 3. The molecule has 0 bridgehead atoms. The Labute approximate surface area is 113 Å². The first-order chi connectivity index (χ1) is 9.55. The smallest absolute Gasteiger partial charge is 0.249 e. The Morgan fingerprint density at radius 3 is 2.65 bits per heavy atom. The van der Waals surface area contributed by atoms with Gasteiger partial charge in [-0.05, 0) is 24.1 Å². The highest BCUT2D eigenvalue weighted by Crippen LogP contribution is 2.26. The second-order valence-electron chi connectivity index (χ2n) is 4.93. The molecule has 1 atom stereocenters. The molecule has 7 heteroatoms. The van der Waals surface area contributed by atoms with Crippen molar-refractivity contribution in [3.8, 4) is 0 Å². The van der Waals surface area contributed by atoms with Crippen molar-refractivity contribution in [2.24, 2.45) is 5.73 Å². The van der Waals surface area contributed by atoms with Gasteiger partial charge in [0.2, 0.25) is 5.89 Å². The molecule has 1 aliphatic rings. The number of nitrogens with two attached hydrogens (primary N) is 1. The Kier molecular flexibility index (Phi) is 3.23. The highest BCUT2D eigenvalue weighted by Gasteiger charge is 2.38. The van der Waals surface area contributed by atoms with Crippen molar-refractivity contribution < 1.29 is 18.0 Å². The molecule has 20 heavy (non-hydrogen) atoms. The SMILES string of the molecule is NC1(c2nc(Cc3cc(F)cc(F)c3)no2)CCOC1. The highest BCUT2D eigenvalue weighted by atomic mass is 19.1. The minimum atomic E-state index is -0.765. The number of nitrogens with zero attached hydrogens (tertiary/aromatic N) is 2. The number of benzene rings is 1. The fourth-order valence-electron chi connectivity index (χ4n) is 2.17. The molecule has 0 spiro atoms. The molecule has 5 nitrogen and oxygen atoms in total. The van der Waals surface area contributed by atoms with Gasteiger partial charge in [-0.2, -0.15) is 4.98 Å². The predicted octanol–water partition coefficient (Wildman–Crippen LogP) is 1.51. The predicted molar refractivity (Wildman–Crippen MR) is 64.8 cm³/mol. The summed E-state index contributed by atoms with van der Waals surface area (Å²) in [4.78, 5) is 4.19. The van der Waals surface area contributed by atoms with Crippen LogP contribution >= 0.6 is 0 Å². The lowest BCUT2D eigenvalue weighted by Crippen LogP contribution is -2.37. The van der Waals surface area contributed by atoms with E-state index in [-0.39, 0.29) is 6.42 Å². The summed E-state index contributed by atoms with van der Waals surface area (Å²) in [5, 5.41) is 3.79. The van der Waals surface area contributed by atoms with Crippen LogP contribution in [-0.4, -0.2) is 23.4 Å². The van der Waals surface area contributed by atoms with E-state index in [2.05, 4.69) is 10.1 Å². The molecule has 3 rings (SSSR count). The third-order valence-electron chi connectivity index (χ3n) is 3.23. The maximum absolute atomic E-state index is 13.1. The van der Waals surface area contributed by atoms with Crippen molar-refractivity contribution in [1.82, 2.24) is 10.1 Å². The average Bonchev–Trinajstić information content (AvgIpc) is 2.98. The molecule has 1 aliphatic heterocycles. The van der Waals surface area contributed by atoms with Crippen LogP contribution < -0.4 is 5.73 Å². The molecule has 0 saturated carbocycles. The molecular weight excluding hydrogens is 268 g/mol. The molecule has 2 heterocycles. The van der Waals surface area contributed by atoms with E-state index in [0.717, 1.165) is 6.07 Å². The zero-order chi connectivity index (χ0) is 14.2. The molecule has 1 aromatic carbocycles. The Morgan fingerprint density at radius 1 is 1.25 bits per heavy atom. The Balaban J connectivity index is 1.80. The zero-order valence-electron chi connectivity index (χ0n) is 10.6. The first-order valence-corrected chi connectivity index (χ1v) is 6.20. The molecule has 1 aromatic heterocycles. The zero-order valence-corrected chi connectivity index (χ0v) is 10.6. The van der Waals surface area contributed by atoms with Gasteiger partial charge >= 0.3 is 0 Å². The van der Waals surface area contributed by atoms with Crippen LogP contribution in [0.2, 0.25) is 0 Å². The molecule has 0 radical (unpaired) electrons. The maximum atomic E-state index is 13.1. The van der Waals surface area contributed by atoms with Gasteiger partial charge in [-0.3, -0.25) is 0 Å². The monoisotopic (exact) mass is 281 g/mol. The summed E-state index contributed by atoms with van der Waals surface area (Å²) in [5.41, 5.74) is 5.76. The van der Waals surface area contributed by atoms with Gasteiger partial charge in [-0.15, -0.1) is 0 Å². The van der Waals surface area contributed by atoms with Gasteiger partial charge in [-0.1, -0.05) is 5.16 Å². The Bertz CT molecular complexity index is 604. The molecule has 2 N–H and O–H groups in total. The number of hydrogen-bond donors (Lipinski definition) is 1. The summed E-state index contributed by atoms with van der Waals surface area (Å²) >= 11 is 0. The summed E-state index contributed by atoms with van der Waals surface area (Å²) in [5.74, 6) is -0.644. The van der Waals surface area contributed by atoms with Crippen molar-refractivity contribution in [2.45, 2.75) is 18.4 Å². The van der Waals surface area contributed by atoms with Crippen LogP contribution in [0.4, 0.5) is 8.78 Å². The van der Waals surface area contributed by atoms with Crippen LogP contribution in [0, 0.1) is 11.6 Å². The largest absolute Gasteiger partial charge is 0.379 e. The van der Waals surface area contributed by atoms with E-state index in [1.54, 1.807) is 0 Å². The second-order valence-corrected chi connectivity index (χ2v) is 4.93. The fourth-order valence-corrected chi connectivity index (χ4v) is 2.17. The van der Waals surface area contributed by atoms with Gasteiger partial charge in [0.05, 0.1) is 6.61 Å². The maximum Gasteiger partial charge on any atom is 0.249 e. The van der Waals surface area contributed by atoms with E-state index in [0.29, 0.717) is 36.9 Å². The van der Waals surface area contributed by atoms with E-state index in [9.17, 15) is 8.78 Å². The number of halogens is 2. The van der Waals surface area contributed by atoms with Gasteiger partial charge in [0.15, 0.2) is 5.82 Å². The molecule has 1 saturated heterocycles. The van der Waals surface area contributed by atoms with Crippen molar-refractivity contribution in [2.75, 3.05) is 13.2 Å². The van der Waals surface area contributed by atoms with Gasteiger partial charge in [0, 0.05) is 19.1 Å². The second kappa shape index (κ2) is 4.92. The summed E-state index contributed by atoms with van der Waals surface area (Å²) in [6, 6.07) is 3.28. The fraction of sp³-hybridized carbons (Fsp3) is 0.385. The van der Waals surface area contributed by atoms with Crippen molar-refractivity contribution in [3.63, 3.8) is 0 Å². The highest BCUT2D eigenvalue weighted by molar-refractivity contribution is 5.21. The van der Waals surface area contributed by atoms with Crippen LogP contribution in [0.15, 0.2) is 22.7 Å². The third kappa shape index (κ3) is 2.54. The lowest BCUT2D eigenvalue weighted by atomic mass is 10.0. The summed E-state index contributed by atoms with van der Waals surface area (Å²) in [6.07, 6.45) is 0.776. The number of hydrogen-bond acceptors (Lipinski definition) is 5. The molecule has 1 fully saturated rings. The topological polar surface area (TPSA) is 74.2 Å². The van der Waals surface area contributed by atoms with Gasteiger partial charge in [0.25, 0.3) is 0 Å². The normalized spacial score (nSPS) is 22.4. The molecule has 1 unspecified atom stereocenters. The first kappa shape index (κ1) is 13.1. The third-order valence-corrected chi connectivity index (χ3v) is 3.23. The van der Waals surface area contributed by atoms with Crippen LogP contribution in [0.3, 0.4) is 0 Å². The van der Waals surface area contributed by atoms with Crippen molar-refractivity contribution in [3.05, 3.63) is 47.1 Å². The number of ether oxygens (including phenoxy) is 1. The van der Waals surface area contributed by atoms with E-state index in [1.165, 1.54) is 12.1 Å². The Morgan fingerprint density at radius 2 is 2.00 bits per heavy atom. The summed E-state index contributed by atoms with van der Waals surface area (Å²) < 4.78 is 36.6. The Hall–Kier alpha value is -1.86. The van der Waals surface area contributed by atoms with E-state index < -0.39 is 17.2 Å². The van der Waals surface area contributed by atoms with Gasteiger partial charge < -0.3 is 15.0 Å². The standard InChI is InChI=1S/C13H13F2N3O2/c14-9-3-8(4-10(15)6-9)5-11-17-12(20-18-11)13(16)1-2-19-7-13/h3-4,6H,1-2,5,7,16H2. The van der Waals surface area contributed by atoms with E-state index in [4.69, 9.17) is 15.0 Å². The van der Waals surface area contributed by atoms with E-state index >= 15 is 0 Å². The van der Waals surface area contributed by atoms with Crippen LogP contribution in [0.1, 0.15) is 23.7 Å². The molecule has 106 valence electrons. The number of aromatic nitrogens is 2. The van der Waals surface area contributed by atoms with Gasteiger partial charge in [-0.25, -0.2) is 8.78 Å². The average molecular weight is 281 g/mol. The molecular formula is C13H13F2N3O2. The van der Waals surface area contributed by atoms with Gasteiger partial charge in [0.1, 0.15) is 17.2 Å². The minimum Gasteiger partial charge on any atom is -0.379 e. The van der Waals surface area contributed by atoms with Crippen LogP contribution in [0.5, 0.6) is 0 Å². The molecule has 2 aromatic rings. The van der Waals surface area contributed by atoms with Crippen molar-refractivity contribution >= 4 is 0 Å². The first-order valence-electron chi connectivity index (χ1n) is 6.20. The lowest BCUT2D eigenvalue weighted by molar-refractivity contribution is 0.166. The lowest BCUT2D eigenvalue weighted by Gasteiger charge is -2.14. The molecule has 0 amide bonds. The quantitative estimate of drug-likeness (QED) is 0.923. The summed E-state index contributed by atoms with van der Waals surface area (Å²) in [6.45, 7) is 0.868. The van der Waals surface area contributed by atoms with E-state index in [1.807, 2.05) is 0 Å². The minimum absolute atomic E-state index is 0.176. The molecule has 0 aliphatic carbocycles. The van der Waals surface area contributed by atoms with Crippen LogP contribution in [-0.2, 0) is 16.7 Å². The summed E-state index contributed by atoms with van der Waals surface area (Å²) in [7, 11) is 0. The van der Waals surface area contributed by atoms with Crippen LogP contribution in [0.25, 0.3) is 0 Å². The van der Waals surface area contributed by atoms with Crippen molar-refractivity contribution in [1.29, 1.82) is 0 Å².